The van der Waals surface area contributed by atoms with Crippen LogP contribution in [0.4, 0.5) is 5.69 Å². The largest absolute Gasteiger partial charge is 0.325 e. The lowest BCUT2D eigenvalue weighted by atomic mass is 10.2. The summed E-state index contributed by atoms with van der Waals surface area (Å²) < 4.78 is 25.6. The molecule has 20 heavy (non-hydrogen) atoms. The number of anilines is 1. The summed E-state index contributed by atoms with van der Waals surface area (Å²) in [6.07, 6.45) is 0. The van der Waals surface area contributed by atoms with Gasteiger partial charge in [-0.1, -0.05) is 17.7 Å². The fourth-order valence-corrected chi connectivity index (χ4v) is 2.51. The quantitative estimate of drug-likeness (QED) is 0.890. The van der Waals surface area contributed by atoms with E-state index in [9.17, 15) is 13.2 Å². The van der Waals surface area contributed by atoms with Crippen molar-refractivity contribution in [3.8, 4) is 0 Å². The second-order valence-corrected chi connectivity index (χ2v) is 7.16. The van der Waals surface area contributed by atoms with Crippen molar-refractivity contribution >= 4 is 33.4 Å². The Morgan fingerprint density at radius 2 is 1.90 bits per heavy atom. The lowest BCUT2D eigenvalue weighted by molar-refractivity contribution is -0.116. The molecule has 0 fully saturated rings. The van der Waals surface area contributed by atoms with Gasteiger partial charge in [-0.3, -0.25) is 4.79 Å². The van der Waals surface area contributed by atoms with Crippen molar-refractivity contribution in [2.24, 2.45) is 0 Å². The van der Waals surface area contributed by atoms with Crippen molar-refractivity contribution in [2.45, 2.75) is 6.92 Å². The predicted octanol–water partition coefficient (Wildman–Crippen LogP) is 1.33. The van der Waals surface area contributed by atoms with Gasteiger partial charge in [0.25, 0.3) is 10.2 Å². The molecule has 8 heteroatoms. The molecule has 0 radical (unpaired) electrons. The zero-order valence-electron chi connectivity index (χ0n) is 11.8. The summed E-state index contributed by atoms with van der Waals surface area (Å²) in [7, 11) is 0.559. The molecule has 0 aromatic heterocycles. The first kappa shape index (κ1) is 16.9. The van der Waals surface area contributed by atoms with Crippen LogP contribution >= 0.6 is 11.6 Å². The Morgan fingerprint density at radius 1 is 1.30 bits per heavy atom. The van der Waals surface area contributed by atoms with Crippen molar-refractivity contribution in [2.75, 3.05) is 33.0 Å². The van der Waals surface area contributed by atoms with Crippen LogP contribution in [0.25, 0.3) is 0 Å². The molecule has 1 aromatic carbocycles. The second kappa shape index (κ2) is 6.53. The van der Waals surface area contributed by atoms with Crippen LogP contribution in [-0.4, -0.2) is 50.6 Å². The van der Waals surface area contributed by atoms with Gasteiger partial charge >= 0.3 is 0 Å². The fraction of sp³-hybridized carbons (Fsp3) is 0.417. The zero-order valence-corrected chi connectivity index (χ0v) is 13.4. The highest BCUT2D eigenvalue weighted by atomic mass is 35.5. The van der Waals surface area contributed by atoms with Crippen LogP contribution in [0.3, 0.4) is 0 Å². The minimum Gasteiger partial charge on any atom is -0.325 e. The number of nitrogens with zero attached hydrogens (tertiary/aromatic N) is 2. The molecule has 1 aromatic rings. The third-order valence-electron chi connectivity index (χ3n) is 2.76. The maximum Gasteiger partial charge on any atom is 0.281 e. The number of likely N-dealkylation sites (N-methyl/N-ethyl adjacent to an activating group) is 1. The van der Waals surface area contributed by atoms with Crippen molar-refractivity contribution < 1.29 is 13.2 Å². The van der Waals surface area contributed by atoms with E-state index in [0.717, 1.165) is 14.2 Å². The molecule has 112 valence electrons. The molecule has 6 nitrogen and oxygen atoms in total. The Bertz CT molecular complexity index is 602. The lowest BCUT2D eigenvalue weighted by Crippen LogP contribution is -2.41. The van der Waals surface area contributed by atoms with Crippen molar-refractivity contribution in [3.63, 3.8) is 0 Å². The van der Waals surface area contributed by atoms with Crippen molar-refractivity contribution in [1.29, 1.82) is 0 Å². The van der Waals surface area contributed by atoms with E-state index in [-0.39, 0.29) is 6.54 Å². The van der Waals surface area contributed by atoms with Crippen LogP contribution in [0, 0.1) is 6.92 Å². The average molecular weight is 320 g/mol. The van der Waals surface area contributed by atoms with Gasteiger partial charge in [-0.05, 0) is 24.6 Å². The zero-order chi connectivity index (χ0) is 15.5. The van der Waals surface area contributed by atoms with Crippen LogP contribution in [0.1, 0.15) is 5.56 Å². The number of amides is 1. The average Bonchev–Trinajstić information content (AvgIpc) is 2.34. The van der Waals surface area contributed by atoms with E-state index in [4.69, 9.17) is 11.6 Å². The van der Waals surface area contributed by atoms with E-state index >= 15 is 0 Å². The van der Waals surface area contributed by atoms with Crippen molar-refractivity contribution in [1.82, 2.24) is 8.61 Å². The second-order valence-electron chi connectivity index (χ2n) is 4.51. The number of rotatable bonds is 5. The smallest absolute Gasteiger partial charge is 0.281 e. The van der Waals surface area contributed by atoms with Crippen LogP contribution in [-0.2, 0) is 15.0 Å². The topological polar surface area (TPSA) is 69.7 Å². The minimum absolute atomic E-state index is 0.271. The summed E-state index contributed by atoms with van der Waals surface area (Å²) in [5, 5.41) is 3.18. The summed E-state index contributed by atoms with van der Waals surface area (Å²) in [5.74, 6) is -0.428. The first-order chi connectivity index (χ1) is 9.16. The van der Waals surface area contributed by atoms with Gasteiger partial charge in [-0.25, -0.2) is 0 Å². The van der Waals surface area contributed by atoms with Gasteiger partial charge in [-0.15, -0.1) is 0 Å². The number of halogens is 1. The third kappa shape index (κ3) is 3.92. The molecule has 0 atom stereocenters. The molecule has 0 unspecified atom stereocenters. The van der Waals surface area contributed by atoms with E-state index in [1.54, 1.807) is 25.1 Å². The monoisotopic (exact) mass is 319 g/mol. The standard InChI is InChI=1S/C12H18ClN3O3S/c1-9-10(13)6-5-7-11(9)14-12(17)8-16(4)20(18,19)15(2)3/h5-7H,8H2,1-4H3,(H,14,17). The maximum absolute atomic E-state index is 11.9. The maximum atomic E-state index is 11.9. The summed E-state index contributed by atoms with van der Waals surface area (Å²) in [6.45, 7) is 1.50. The molecule has 0 aliphatic rings. The number of carbonyl (C=O) groups excluding carboxylic acids is 1. The normalized spacial score (nSPS) is 11.9. The Hall–Kier alpha value is -1.15. The Labute approximate surface area is 124 Å². The summed E-state index contributed by atoms with van der Waals surface area (Å²) in [6, 6.07) is 5.14. The van der Waals surface area contributed by atoms with E-state index in [1.165, 1.54) is 21.1 Å². The molecule has 0 heterocycles. The molecule has 0 spiro atoms. The molecule has 0 bridgehead atoms. The molecule has 0 aliphatic heterocycles. The first-order valence-corrected chi connectivity index (χ1v) is 7.62. The minimum atomic E-state index is -3.60. The summed E-state index contributed by atoms with van der Waals surface area (Å²) >= 11 is 5.95. The van der Waals surface area contributed by atoms with E-state index < -0.39 is 16.1 Å². The molecule has 1 N–H and O–H groups in total. The van der Waals surface area contributed by atoms with Gasteiger partial charge in [-0.2, -0.15) is 17.0 Å². The number of carbonyl (C=O) groups is 1. The van der Waals surface area contributed by atoms with Crippen molar-refractivity contribution in [3.05, 3.63) is 28.8 Å². The third-order valence-corrected chi connectivity index (χ3v) is 5.01. The van der Waals surface area contributed by atoms with Crippen LogP contribution < -0.4 is 5.32 Å². The highest BCUT2D eigenvalue weighted by Crippen LogP contribution is 2.22. The number of hydrogen-bond donors (Lipinski definition) is 1. The lowest BCUT2D eigenvalue weighted by Gasteiger charge is -2.21. The predicted molar refractivity (Wildman–Crippen MR) is 80.1 cm³/mol. The van der Waals surface area contributed by atoms with E-state index in [2.05, 4.69) is 5.32 Å². The van der Waals surface area contributed by atoms with Gasteiger partial charge in [0.05, 0.1) is 6.54 Å². The van der Waals surface area contributed by atoms with Gasteiger partial charge in [0.15, 0.2) is 0 Å². The SMILES string of the molecule is Cc1c(Cl)cccc1NC(=O)CN(C)S(=O)(=O)N(C)C. The molecule has 0 saturated carbocycles. The van der Waals surface area contributed by atoms with Crippen LogP contribution in [0.5, 0.6) is 0 Å². The van der Waals surface area contributed by atoms with E-state index in [0.29, 0.717) is 10.7 Å². The van der Waals surface area contributed by atoms with Crippen LogP contribution in [0.15, 0.2) is 18.2 Å². The Kier molecular flexibility index (Phi) is 5.52. The highest BCUT2D eigenvalue weighted by Gasteiger charge is 2.22. The summed E-state index contributed by atoms with van der Waals surface area (Å²) in [5.41, 5.74) is 1.30. The number of nitrogens with one attached hydrogen (secondary N) is 1. The number of benzene rings is 1. The molecule has 0 aliphatic carbocycles. The molecular formula is C12H18ClN3O3S. The molecule has 1 rings (SSSR count). The van der Waals surface area contributed by atoms with Gasteiger partial charge in [0.1, 0.15) is 0 Å². The van der Waals surface area contributed by atoms with E-state index in [1.807, 2.05) is 0 Å². The van der Waals surface area contributed by atoms with Gasteiger partial charge in [0.2, 0.25) is 5.91 Å². The van der Waals surface area contributed by atoms with Gasteiger partial charge in [0, 0.05) is 31.9 Å². The molecular weight excluding hydrogens is 302 g/mol. The number of hydrogen-bond acceptors (Lipinski definition) is 3. The summed E-state index contributed by atoms with van der Waals surface area (Å²) in [4.78, 5) is 11.9. The Balaban J connectivity index is 2.77. The molecule has 0 saturated heterocycles. The van der Waals surface area contributed by atoms with Gasteiger partial charge < -0.3 is 5.32 Å². The van der Waals surface area contributed by atoms with Crippen LogP contribution in [0.2, 0.25) is 5.02 Å². The fourth-order valence-electron chi connectivity index (χ4n) is 1.50. The Morgan fingerprint density at radius 3 is 2.45 bits per heavy atom. The molecule has 1 amide bonds. The first-order valence-electron chi connectivity index (χ1n) is 5.85. The highest BCUT2D eigenvalue weighted by molar-refractivity contribution is 7.86.